The predicted molar refractivity (Wildman–Crippen MR) is 84.0 cm³/mol. The molecule has 0 fully saturated rings. The quantitative estimate of drug-likeness (QED) is 0.673. The minimum Gasteiger partial charge on any atom is -0.585 e. The van der Waals surface area contributed by atoms with Crippen molar-refractivity contribution in [2.75, 3.05) is 7.11 Å². The Hall–Kier alpha value is -1.76. The number of ether oxygens (including phenoxy) is 1. The third-order valence-electron chi connectivity index (χ3n) is 3.04. The molecule has 2 aromatic rings. The summed E-state index contributed by atoms with van der Waals surface area (Å²) in [6.07, 6.45) is 0. The molecule has 0 saturated heterocycles. The molecule has 0 aliphatic carbocycles. The predicted octanol–water partition coefficient (Wildman–Crippen LogP) is 4.98. The zero-order valence-electron chi connectivity index (χ0n) is 12.6. The van der Waals surface area contributed by atoms with Crippen LogP contribution in [0.25, 0.3) is 0 Å². The lowest BCUT2D eigenvalue weighted by molar-refractivity contribution is 0.136. The zero-order chi connectivity index (χ0) is 14.3. The van der Waals surface area contributed by atoms with E-state index in [0.717, 1.165) is 5.75 Å². The molecule has 2 rings (SSSR count). The summed E-state index contributed by atoms with van der Waals surface area (Å²) in [5.41, 5.74) is 4.04. The maximum Gasteiger partial charge on any atom is 0.254 e. The third kappa shape index (κ3) is 5.60. The Morgan fingerprint density at radius 1 is 0.737 bits per heavy atom. The van der Waals surface area contributed by atoms with Crippen molar-refractivity contribution >= 4 is 0 Å². The summed E-state index contributed by atoms with van der Waals surface area (Å²) in [4.78, 5) is 0. The molecule has 0 unspecified atom stereocenters. The van der Waals surface area contributed by atoms with Crippen molar-refractivity contribution < 1.29 is 4.74 Å². The number of hydrogen-bond donors (Lipinski definition) is 0. The molecule has 0 radical (unpaired) electrons. The van der Waals surface area contributed by atoms with Crippen LogP contribution in [0.3, 0.4) is 0 Å². The van der Waals surface area contributed by atoms with Crippen molar-refractivity contribution in [1.82, 2.24) is 0 Å². The molecule has 0 amide bonds. The van der Waals surface area contributed by atoms with E-state index in [-0.39, 0.29) is 0 Å². The molecule has 0 bridgehead atoms. The normalized spacial score (nSPS) is 9.79. The summed E-state index contributed by atoms with van der Waals surface area (Å²) in [6, 6.07) is 16.8. The first-order valence-electron chi connectivity index (χ1n) is 6.76. The summed E-state index contributed by atoms with van der Waals surface area (Å²) in [7, 11) is 1.80. The Bertz CT molecular complexity index is 466. The van der Waals surface area contributed by atoms with E-state index < -0.39 is 0 Å². The van der Waals surface area contributed by atoms with E-state index in [1.54, 1.807) is 7.11 Å². The first-order chi connectivity index (χ1) is 9.02. The highest BCUT2D eigenvalue weighted by Crippen LogP contribution is 2.13. The van der Waals surface area contributed by atoms with E-state index in [1.165, 1.54) is 16.7 Å². The Morgan fingerprint density at radius 2 is 1.16 bits per heavy atom. The van der Waals surface area contributed by atoms with Gasteiger partial charge in [0, 0.05) is 12.1 Å². The second-order valence-corrected chi connectivity index (χ2v) is 5.12. The fraction of sp³-hybridized carbons (Fsp3) is 0.333. The smallest absolute Gasteiger partial charge is 0.254 e. The largest absolute Gasteiger partial charge is 0.585 e. The molecule has 0 aliphatic heterocycles. The first kappa shape index (κ1) is 15.3. The van der Waals surface area contributed by atoms with Gasteiger partial charge in [0.1, 0.15) is 0 Å². The van der Waals surface area contributed by atoms with Gasteiger partial charge in [-0.15, -0.1) is 0 Å². The number of aliphatic hydroxyl groups is 1. The number of benzene rings is 2. The van der Waals surface area contributed by atoms with Crippen LogP contribution >= 0.6 is 0 Å². The fourth-order valence-electron chi connectivity index (χ4n) is 1.65. The van der Waals surface area contributed by atoms with Crippen LogP contribution in [0.2, 0.25) is 0 Å². The Labute approximate surface area is 117 Å². The monoisotopic (exact) mass is 257 g/mol. The van der Waals surface area contributed by atoms with Crippen molar-refractivity contribution in [3.63, 3.8) is 0 Å². The molecule has 0 saturated carbocycles. The SMILES string of the molecule is C[OH+]c1ccc(C)cc1.Cc1ccc(C(C)C)cc1. The summed E-state index contributed by atoms with van der Waals surface area (Å²) >= 11 is 0. The van der Waals surface area contributed by atoms with Crippen LogP contribution in [0.5, 0.6) is 5.75 Å². The van der Waals surface area contributed by atoms with E-state index in [2.05, 4.69) is 68.8 Å². The van der Waals surface area contributed by atoms with E-state index >= 15 is 0 Å². The summed E-state index contributed by atoms with van der Waals surface area (Å²) in [5.74, 6) is 1.70. The highest BCUT2D eigenvalue weighted by Gasteiger charge is 1.95. The molecular weight excluding hydrogens is 232 g/mol. The van der Waals surface area contributed by atoms with Crippen molar-refractivity contribution in [2.45, 2.75) is 33.6 Å². The van der Waals surface area contributed by atoms with Crippen molar-refractivity contribution in [2.24, 2.45) is 0 Å². The van der Waals surface area contributed by atoms with Gasteiger partial charge in [-0.3, -0.25) is 0 Å². The highest BCUT2D eigenvalue weighted by molar-refractivity contribution is 5.25. The second kappa shape index (κ2) is 7.63. The lowest BCUT2D eigenvalue weighted by Gasteiger charge is -2.03. The molecule has 0 heterocycles. The van der Waals surface area contributed by atoms with E-state index in [0.29, 0.717) is 5.92 Å². The standard InChI is InChI=1S/C10H14.C8H10O/c1-8(2)10-6-4-9(3)5-7-10;1-7-3-5-8(9-2)6-4-7/h4-8H,1-3H3;3-6H,1-2H3/p+1. The van der Waals surface area contributed by atoms with Crippen molar-refractivity contribution in [1.29, 1.82) is 0 Å². The van der Waals surface area contributed by atoms with Gasteiger partial charge in [0.25, 0.3) is 5.75 Å². The van der Waals surface area contributed by atoms with Gasteiger partial charge in [0.05, 0.1) is 0 Å². The summed E-state index contributed by atoms with van der Waals surface area (Å²) < 4.78 is 4.01. The van der Waals surface area contributed by atoms with Gasteiger partial charge < -0.3 is 4.74 Å². The van der Waals surface area contributed by atoms with Crippen LogP contribution in [0, 0.1) is 13.8 Å². The molecule has 0 spiro atoms. The van der Waals surface area contributed by atoms with Gasteiger partial charge in [0.2, 0.25) is 0 Å². The molecular formula is C18H25O+. The van der Waals surface area contributed by atoms with E-state index in [4.69, 9.17) is 0 Å². The van der Waals surface area contributed by atoms with Crippen LogP contribution in [0.15, 0.2) is 48.5 Å². The third-order valence-corrected chi connectivity index (χ3v) is 3.04. The van der Waals surface area contributed by atoms with Gasteiger partial charge in [0.15, 0.2) is 7.11 Å². The van der Waals surface area contributed by atoms with Gasteiger partial charge >= 0.3 is 0 Å². The molecule has 1 nitrogen and oxygen atoms in total. The van der Waals surface area contributed by atoms with Gasteiger partial charge in [-0.2, -0.15) is 0 Å². The van der Waals surface area contributed by atoms with Crippen LogP contribution in [0.4, 0.5) is 0 Å². The zero-order valence-corrected chi connectivity index (χ0v) is 12.6. The topological polar surface area (TPSA) is 12.8 Å². The number of hydrogen-bond acceptors (Lipinski definition) is 0. The maximum atomic E-state index is 4.01. The maximum absolute atomic E-state index is 4.01. The van der Waals surface area contributed by atoms with Crippen molar-refractivity contribution in [3.8, 4) is 5.75 Å². The second-order valence-electron chi connectivity index (χ2n) is 5.12. The Morgan fingerprint density at radius 3 is 1.53 bits per heavy atom. The summed E-state index contributed by atoms with van der Waals surface area (Å²) in [6.45, 7) is 8.61. The molecule has 1 N–H and O–H groups in total. The van der Waals surface area contributed by atoms with Gasteiger partial charge in [-0.05, 0) is 25.3 Å². The van der Waals surface area contributed by atoms with E-state index in [9.17, 15) is 0 Å². The van der Waals surface area contributed by atoms with Gasteiger partial charge in [-0.25, -0.2) is 0 Å². The number of aryl methyl sites for hydroxylation is 2. The molecule has 102 valence electrons. The fourth-order valence-corrected chi connectivity index (χ4v) is 1.65. The average molecular weight is 257 g/mol. The number of aromatic hydroxyl groups is 1. The van der Waals surface area contributed by atoms with Gasteiger partial charge in [-0.1, -0.05) is 61.4 Å². The molecule has 0 atom stereocenters. The Balaban J connectivity index is 0.000000191. The van der Waals surface area contributed by atoms with Crippen LogP contribution < -0.4 is 0 Å². The first-order valence-corrected chi connectivity index (χ1v) is 6.76. The Kier molecular flexibility index (Phi) is 6.14. The molecule has 2 aromatic carbocycles. The molecule has 1 heteroatoms. The van der Waals surface area contributed by atoms with E-state index in [1.807, 2.05) is 12.1 Å². The van der Waals surface area contributed by atoms with Crippen LogP contribution in [-0.4, -0.2) is 11.8 Å². The minimum absolute atomic E-state index is 0.653. The average Bonchev–Trinajstić information content (AvgIpc) is 2.41. The minimum atomic E-state index is 0.653. The lowest BCUT2D eigenvalue weighted by Crippen LogP contribution is -1.85. The molecule has 19 heavy (non-hydrogen) atoms. The van der Waals surface area contributed by atoms with Crippen LogP contribution in [-0.2, 0) is 0 Å². The molecule has 0 aliphatic rings. The highest BCUT2D eigenvalue weighted by atomic mass is 16.5. The summed E-state index contributed by atoms with van der Waals surface area (Å²) in [5, 5.41) is 0. The lowest BCUT2D eigenvalue weighted by atomic mass is 10.0. The van der Waals surface area contributed by atoms with Crippen LogP contribution in [0.1, 0.15) is 36.5 Å². The van der Waals surface area contributed by atoms with Crippen molar-refractivity contribution in [3.05, 3.63) is 65.2 Å². The molecule has 0 aromatic heterocycles. The number of rotatable bonds is 2.